The Bertz CT molecular complexity index is 388. The van der Waals surface area contributed by atoms with Crippen molar-refractivity contribution in [3.05, 3.63) is 46.5 Å². The summed E-state index contributed by atoms with van der Waals surface area (Å²) in [4.78, 5) is 0. The molecule has 17 heavy (non-hydrogen) atoms. The van der Waals surface area contributed by atoms with Gasteiger partial charge >= 0.3 is 0 Å². The molecule has 0 heterocycles. The van der Waals surface area contributed by atoms with Crippen molar-refractivity contribution in [1.29, 1.82) is 0 Å². The summed E-state index contributed by atoms with van der Waals surface area (Å²) in [5.41, 5.74) is 2.30. The maximum atomic E-state index is 5.63. The van der Waals surface area contributed by atoms with Crippen LogP contribution in [0.15, 0.2) is 40.9 Å². The highest BCUT2D eigenvalue weighted by atomic mass is 79.9. The first-order chi connectivity index (χ1) is 8.24. The molecule has 0 saturated heterocycles. The molecule has 1 aromatic rings. The minimum absolute atomic E-state index is 0.631. The van der Waals surface area contributed by atoms with E-state index in [1.807, 2.05) is 12.1 Å². The number of hydrogen-bond donors (Lipinski definition) is 1. The van der Waals surface area contributed by atoms with Gasteiger partial charge in [-0.1, -0.05) is 34.6 Å². The Morgan fingerprint density at radius 1 is 1.47 bits per heavy atom. The Morgan fingerprint density at radius 3 is 3.00 bits per heavy atom. The van der Waals surface area contributed by atoms with Crippen LogP contribution in [-0.4, -0.2) is 19.2 Å². The molecule has 0 spiro atoms. The zero-order chi connectivity index (χ0) is 12.1. The largest absolute Gasteiger partial charge is 0.372 e. The van der Waals surface area contributed by atoms with Gasteiger partial charge in [0.1, 0.15) is 0 Å². The SMILES string of the molecule is C=C(CNC1CC1)COCc1cccc(Br)c1. The lowest BCUT2D eigenvalue weighted by molar-refractivity contribution is 0.141. The van der Waals surface area contributed by atoms with Crippen molar-refractivity contribution in [2.75, 3.05) is 13.2 Å². The van der Waals surface area contributed by atoms with Crippen molar-refractivity contribution in [2.45, 2.75) is 25.5 Å². The summed E-state index contributed by atoms with van der Waals surface area (Å²) in [6.07, 6.45) is 2.62. The summed E-state index contributed by atoms with van der Waals surface area (Å²) in [6.45, 7) is 6.16. The third kappa shape index (κ3) is 5.02. The van der Waals surface area contributed by atoms with E-state index in [0.717, 1.165) is 22.6 Å². The molecule has 1 aromatic carbocycles. The Hall–Kier alpha value is -0.640. The molecule has 1 saturated carbocycles. The van der Waals surface area contributed by atoms with E-state index >= 15 is 0 Å². The Kier molecular flexibility index (Phi) is 4.77. The summed E-state index contributed by atoms with van der Waals surface area (Å²) < 4.78 is 6.72. The first kappa shape index (κ1) is 12.8. The number of halogens is 1. The van der Waals surface area contributed by atoms with Crippen LogP contribution in [0.5, 0.6) is 0 Å². The highest BCUT2D eigenvalue weighted by Crippen LogP contribution is 2.18. The van der Waals surface area contributed by atoms with Gasteiger partial charge in [-0.05, 0) is 36.1 Å². The molecule has 2 nitrogen and oxygen atoms in total. The summed E-state index contributed by atoms with van der Waals surface area (Å²) in [5.74, 6) is 0. The van der Waals surface area contributed by atoms with Crippen LogP contribution in [0.1, 0.15) is 18.4 Å². The Morgan fingerprint density at radius 2 is 2.29 bits per heavy atom. The highest BCUT2D eigenvalue weighted by molar-refractivity contribution is 9.10. The topological polar surface area (TPSA) is 21.3 Å². The van der Waals surface area contributed by atoms with Gasteiger partial charge in [0, 0.05) is 17.1 Å². The van der Waals surface area contributed by atoms with E-state index in [1.54, 1.807) is 0 Å². The Balaban J connectivity index is 1.62. The van der Waals surface area contributed by atoms with Crippen LogP contribution in [0, 0.1) is 0 Å². The normalized spacial score (nSPS) is 14.9. The second-order valence-electron chi connectivity index (χ2n) is 4.53. The van der Waals surface area contributed by atoms with E-state index in [2.05, 4.69) is 40.0 Å². The van der Waals surface area contributed by atoms with Gasteiger partial charge in [0.25, 0.3) is 0 Å². The monoisotopic (exact) mass is 295 g/mol. The van der Waals surface area contributed by atoms with Gasteiger partial charge in [-0.15, -0.1) is 0 Å². The zero-order valence-electron chi connectivity index (χ0n) is 9.92. The first-order valence-electron chi connectivity index (χ1n) is 5.96. The third-order valence-electron chi connectivity index (χ3n) is 2.68. The van der Waals surface area contributed by atoms with E-state index in [1.165, 1.54) is 18.4 Å². The molecular weight excluding hydrogens is 278 g/mol. The smallest absolute Gasteiger partial charge is 0.0721 e. The molecular formula is C14H18BrNO. The van der Waals surface area contributed by atoms with Crippen molar-refractivity contribution in [1.82, 2.24) is 5.32 Å². The van der Waals surface area contributed by atoms with Gasteiger partial charge in [0.15, 0.2) is 0 Å². The van der Waals surface area contributed by atoms with Crippen LogP contribution in [0.2, 0.25) is 0 Å². The maximum absolute atomic E-state index is 5.63. The average Bonchev–Trinajstić information content (AvgIpc) is 3.10. The number of nitrogens with one attached hydrogen (secondary N) is 1. The first-order valence-corrected chi connectivity index (χ1v) is 6.75. The van der Waals surface area contributed by atoms with Gasteiger partial charge in [-0.2, -0.15) is 0 Å². The van der Waals surface area contributed by atoms with E-state index in [4.69, 9.17) is 4.74 Å². The lowest BCUT2D eigenvalue weighted by Crippen LogP contribution is -2.20. The highest BCUT2D eigenvalue weighted by Gasteiger charge is 2.19. The molecule has 1 aliphatic carbocycles. The van der Waals surface area contributed by atoms with E-state index in [0.29, 0.717) is 13.2 Å². The lowest BCUT2D eigenvalue weighted by atomic mass is 10.2. The van der Waals surface area contributed by atoms with Gasteiger partial charge in [0.2, 0.25) is 0 Å². The predicted octanol–water partition coefficient (Wildman–Crippen LogP) is 3.27. The number of benzene rings is 1. The van der Waals surface area contributed by atoms with Gasteiger partial charge < -0.3 is 10.1 Å². The third-order valence-corrected chi connectivity index (χ3v) is 3.18. The second-order valence-corrected chi connectivity index (χ2v) is 5.44. The molecule has 0 bridgehead atoms. The van der Waals surface area contributed by atoms with Crippen molar-refractivity contribution >= 4 is 15.9 Å². The molecule has 92 valence electrons. The lowest BCUT2D eigenvalue weighted by Gasteiger charge is -2.08. The van der Waals surface area contributed by atoms with Crippen molar-refractivity contribution in [2.24, 2.45) is 0 Å². The van der Waals surface area contributed by atoms with Gasteiger partial charge in [-0.25, -0.2) is 0 Å². The predicted molar refractivity (Wildman–Crippen MR) is 74.0 cm³/mol. The van der Waals surface area contributed by atoms with E-state index in [-0.39, 0.29) is 0 Å². The van der Waals surface area contributed by atoms with Crippen molar-refractivity contribution in [3.63, 3.8) is 0 Å². The molecule has 0 aromatic heterocycles. The van der Waals surface area contributed by atoms with Crippen LogP contribution < -0.4 is 5.32 Å². The van der Waals surface area contributed by atoms with Gasteiger partial charge in [0.05, 0.1) is 13.2 Å². The molecule has 3 heteroatoms. The van der Waals surface area contributed by atoms with Crippen LogP contribution in [0.25, 0.3) is 0 Å². The van der Waals surface area contributed by atoms with E-state index < -0.39 is 0 Å². The summed E-state index contributed by atoms with van der Waals surface area (Å²) in [6, 6.07) is 8.91. The van der Waals surface area contributed by atoms with Crippen LogP contribution in [0.3, 0.4) is 0 Å². The fraction of sp³-hybridized carbons (Fsp3) is 0.429. The molecule has 0 amide bonds. The Labute approximate surface area is 111 Å². The van der Waals surface area contributed by atoms with Crippen LogP contribution >= 0.6 is 15.9 Å². The van der Waals surface area contributed by atoms with E-state index in [9.17, 15) is 0 Å². The zero-order valence-corrected chi connectivity index (χ0v) is 11.5. The molecule has 1 fully saturated rings. The average molecular weight is 296 g/mol. The summed E-state index contributed by atoms with van der Waals surface area (Å²) in [5, 5.41) is 3.43. The quantitative estimate of drug-likeness (QED) is 0.780. The molecule has 2 rings (SSSR count). The molecule has 0 unspecified atom stereocenters. The van der Waals surface area contributed by atoms with Crippen molar-refractivity contribution in [3.8, 4) is 0 Å². The minimum Gasteiger partial charge on any atom is -0.372 e. The summed E-state index contributed by atoms with van der Waals surface area (Å²) >= 11 is 3.45. The van der Waals surface area contributed by atoms with Crippen molar-refractivity contribution < 1.29 is 4.74 Å². The van der Waals surface area contributed by atoms with Gasteiger partial charge in [-0.3, -0.25) is 0 Å². The fourth-order valence-electron chi connectivity index (χ4n) is 1.57. The van der Waals surface area contributed by atoms with Crippen LogP contribution in [0.4, 0.5) is 0 Å². The molecule has 1 aliphatic rings. The number of hydrogen-bond acceptors (Lipinski definition) is 2. The molecule has 0 atom stereocenters. The molecule has 1 N–H and O–H groups in total. The summed E-state index contributed by atoms with van der Waals surface area (Å²) in [7, 11) is 0. The number of rotatable bonds is 7. The fourth-order valence-corrected chi connectivity index (χ4v) is 2.01. The standard InChI is InChI=1S/C14H18BrNO/c1-11(8-16-14-5-6-14)9-17-10-12-3-2-4-13(15)7-12/h2-4,7,14,16H,1,5-6,8-10H2. The maximum Gasteiger partial charge on any atom is 0.0721 e. The number of ether oxygens (including phenoxy) is 1. The molecule has 0 aliphatic heterocycles. The molecule has 0 radical (unpaired) electrons. The van der Waals surface area contributed by atoms with Crippen LogP contribution in [-0.2, 0) is 11.3 Å². The second kappa shape index (κ2) is 6.34. The minimum atomic E-state index is 0.631.